The fraction of sp³-hybridized carbons (Fsp3) is 0.708. The molecule has 0 bridgehead atoms. The zero-order valence-electron chi connectivity index (χ0n) is 20.9. The molecule has 0 fully saturated rings. The van der Waals surface area contributed by atoms with Crippen molar-refractivity contribution in [1.82, 2.24) is 10.9 Å². The molecule has 0 saturated carbocycles. The molecule has 194 valence electrons. The third-order valence-corrected chi connectivity index (χ3v) is 4.98. The lowest BCUT2D eigenvalue weighted by molar-refractivity contribution is -0.145. The number of esters is 1. The van der Waals surface area contributed by atoms with Gasteiger partial charge in [-0.05, 0) is 32.1 Å². The van der Waals surface area contributed by atoms with Gasteiger partial charge in [0.1, 0.15) is 11.9 Å². The number of ketones is 1. The molecule has 0 heterocycles. The Balaban J connectivity index is 0. The van der Waals surface area contributed by atoms with Gasteiger partial charge in [0.05, 0.1) is 11.8 Å². The Morgan fingerprint density at radius 2 is 1.47 bits per heavy atom. The summed E-state index contributed by atoms with van der Waals surface area (Å²) in [6.07, 6.45) is 5.48. The van der Waals surface area contributed by atoms with Gasteiger partial charge in [-0.2, -0.15) is 0 Å². The minimum absolute atomic E-state index is 0.0205. The topological polar surface area (TPSA) is 159 Å². The van der Waals surface area contributed by atoms with Crippen molar-refractivity contribution in [3.8, 4) is 12.0 Å². The molecule has 0 aliphatic carbocycles. The minimum atomic E-state index is -0.876. The summed E-state index contributed by atoms with van der Waals surface area (Å²) in [7, 11) is 0. The largest absolute Gasteiger partial charge is 0.481 e. The highest BCUT2D eigenvalue weighted by atomic mass is 16.5. The minimum Gasteiger partial charge on any atom is -0.481 e. The van der Waals surface area contributed by atoms with Crippen molar-refractivity contribution in [2.24, 2.45) is 17.8 Å². The zero-order chi connectivity index (χ0) is 26.5. The number of carboxylic acid groups (broad SMARTS) is 1. The Morgan fingerprint density at radius 3 is 1.91 bits per heavy atom. The predicted octanol–water partition coefficient (Wildman–Crippen LogP) is 2.34. The number of hydrazine groups is 1. The molecule has 0 aromatic rings. The van der Waals surface area contributed by atoms with Gasteiger partial charge in [-0.3, -0.25) is 34.8 Å². The molecule has 4 N–H and O–H groups in total. The second-order valence-electron chi connectivity index (χ2n) is 7.78. The lowest BCUT2D eigenvalue weighted by atomic mass is 9.94. The number of rotatable bonds is 14. The quantitative estimate of drug-likeness (QED) is 0.166. The fourth-order valence-electron chi connectivity index (χ4n) is 2.87. The second kappa shape index (κ2) is 20.7. The van der Waals surface area contributed by atoms with Crippen LogP contribution in [-0.4, -0.2) is 46.4 Å². The summed E-state index contributed by atoms with van der Waals surface area (Å²) >= 11 is 0. The van der Waals surface area contributed by atoms with Crippen LogP contribution in [0.5, 0.6) is 0 Å². The first kappa shape index (κ1) is 33.2. The lowest BCUT2D eigenvalue weighted by Crippen LogP contribution is -2.41. The van der Waals surface area contributed by atoms with Crippen LogP contribution in [0.15, 0.2) is 0 Å². The molecule has 3 unspecified atom stereocenters. The number of carbonyl (C=O) groups is 5. The molecular formula is C24H40N2O8. The van der Waals surface area contributed by atoms with Gasteiger partial charge < -0.3 is 14.9 Å². The maximum Gasteiger partial charge on any atom is 0.322 e. The highest BCUT2D eigenvalue weighted by Crippen LogP contribution is 2.17. The summed E-state index contributed by atoms with van der Waals surface area (Å²) in [5.74, 6) is -0.600. The number of ether oxygens (including phenoxy) is 1. The maximum absolute atomic E-state index is 11.6. The van der Waals surface area contributed by atoms with E-state index in [1.54, 1.807) is 20.8 Å². The Morgan fingerprint density at radius 1 is 0.912 bits per heavy atom. The molecule has 0 aromatic carbocycles. The average molecular weight is 485 g/mol. The van der Waals surface area contributed by atoms with Crippen molar-refractivity contribution in [1.29, 1.82) is 0 Å². The average Bonchev–Trinajstić information content (AvgIpc) is 2.80. The molecule has 10 nitrogen and oxygen atoms in total. The van der Waals surface area contributed by atoms with Crippen LogP contribution in [0, 0.1) is 29.8 Å². The highest BCUT2D eigenvalue weighted by Gasteiger charge is 2.23. The summed E-state index contributed by atoms with van der Waals surface area (Å²) in [6, 6.07) is 0. The van der Waals surface area contributed by atoms with Crippen molar-refractivity contribution in [3.63, 3.8) is 0 Å². The molecule has 0 aliphatic heterocycles. The van der Waals surface area contributed by atoms with Gasteiger partial charge >= 0.3 is 11.9 Å². The van der Waals surface area contributed by atoms with Gasteiger partial charge in [0.25, 0.3) is 0 Å². The smallest absolute Gasteiger partial charge is 0.322 e. The van der Waals surface area contributed by atoms with E-state index < -0.39 is 23.8 Å². The Labute approximate surface area is 202 Å². The van der Waals surface area contributed by atoms with E-state index in [1.807, 2.05) is 13.8 Å². The van der Waals surface area contributed by atoms with Crippen molar-refractivity contribution >= 4 is 29.5 Å². The predicted molar refractivity (Wildman–Crippen MR) is 126 cm³/mol. The van der Waals surface area contributed by atoms with E-state index in [-0.39, 0.29) is 49.4 Å². The van der Waals surface area contributed by atoms with E-state index in [0.29, 0.717) is 25.7 Å². The van der Waals surface area contributed by atoms with Crippen molar-refractivity contribution in [2.45, 2.75) is 86.0 Å². The first-order valence-corrected chi connectivity index (χ1v) is 11.6. The summed E-state index contributed by atoms with van der Waals surface area (Å²) < 4.78 is 4.59. The van der Waals surface area contributed by atoms with Gasteiger partial charge in [0.2, 0.25) is 11.8 Å². The number of amides is 2. The van der Waals surface area contributed by atoms with Crippen molar-refractivity contribution in [3.05, 3.63) is 0 Å². The third kappa shape index (κ3) is 16.7. The van der Waals surface area contributed by atoms with Crippen LogP contribution in [0.1, 0.15) is 86.0 Å². The van der Waals surface area contributed by atoms with E-state index in [2.05, 4.69) is 27.6 Å². The molecule has 2 amide bonds. The van der Waals surface area contributed by atoms with Crippen molar-refractivity contribution in [2.75, 3.05) is 6.61 Å². The van der Waals surface area contributed by atoms with Gasteiger partial charge in [0.15, 0.2) is 0 Å². The Kier molecular flexibility index (Phi) is 20.2. The van der Waals surface area contributed by atoms with Crippen LogP contribution in [0.2, 0.25) is 0 Å². The summed E-state index contributed by atoms with van der Waals surface area (Å²) in [4.78, 5) is 56.2. The molecule has 34 heavy (non-hydrogen) atoms. The Bertz CT molecular complexity index is 711. The van der Waals surface area contributed by atoms with E-state index in [9.17, 15) is 24.0 Å². The number of Topliss-reactive ketones (excluding diaryl/α,β-unsaturated/α-hetero) is 1. The number of carboxylic acids is 1. The molecule has 0 radical (unpaired) electrons. The molecule has 0 aliphatic rings. The first-order chi connectivity index (χ1) is 16.1. The molecule has 0 aromatic heterocycles. The molecule has 10 heteroatoms. The van der Waals surface area contributed by atoms with E-state index >= 15 is 0 Å². The monoisotopic (exact) mass is 484 g/mol. The standard InChI is InChI=1S/C13H24N2O4.C11H16O4/c1-3-5-12(18)14-15-13(19)7-6-10(4-2)11(17)8-9-16;1-4-6-15-11(14)8(3)7-9(5-2)10(12)13/h10,16H,3-9H2,1-2H3,(H,14,18)(H,15,19);8-9H,5,7H2,1-3H3,(H,12,13). The van der Waals surface area contributed by atoms with Crippen LogP contribution in [0.25, 0.3) is 0 Å². The normalized spacial score (nSPS) is 12.4. The van der Waals surface area contributed by atoms with Crippen LogP contribution < -0.4 is 10.9 Å². The summed E-state index contributed by atoms with van der Waals surface area (Å²) in [5, 5.41) is 17.5. The van der Waals surface area contributed by atoms with E-state index in [4.69, 9.17) is 10.2 Å². The van der Waals surface area contributed by atoms with Gasteiger partial charge in [-0.15, -0.1) is 0 Å². The molecule has 0 saturated heterocycles. The molecular weight excluding hydrogens is 444 g/mol. The van der Waals surface area contributed by atoms with E-state index in [1.165, 1.54) is 0 Å². The van der Waals surface area contributed by atoms with Crippen LogP contribution in [0.3, 0.4) is 0 Å². The summed E-state index contributed by atoms with van der Waals surface area (Å²) in [5.41, 5.74) is 4.63. The maximum atomic E-state index is 11.6. The fourth-order valence-corrected chi connectivity index (χ4v) is 2.87. The van der Waals surface area contributed by atoms with Gasteiger partial charge in [-0.1, -0.05) is 33.6 Å². The highest BCUT2D eigenvalue weighted by molar-refractivity contribution is 5.84. The number of nitrogens with one attached hydrogen (secondary N) is 2. The van der Waals surface area contributed by atoms with E-state index in [0.717, 1.165) is 6.42 Å². The number of aliphatic carboxylic acids is 1. The number of carbonyl (C=O) groups excluding carboxylic acids is 4. The molecule has 0 spiro atoms. The summed E-state index contributed by atoms with van der Waals surface area (Å²) in [6.45, 7) is 8.58. The second-order valence-corrected chi connectivity index (χ2v) is 7.78. The zero-order valence-corrected chi connectivity index (χ0v) is 20.9. The van der Waals surface area contributed by atoms with Crippen molar-refractivity contribution < 1.29 is 38.9 Å². The number of aliphatic hydroxyl groups excluding tert-OH is 1. The van der Waals surface area contributed by atoms with Crippen LogP contribution >= 0.6 is 0 Å². The first-order valence-electron chi connectivity index (χ1n) is 11.6. The third-order valence-electron chi connectivity index (χ3n) is 4.98. The molecule has 0 rings (SSSR count). The number of aliphatic hydroxyl groups is 1. The van der Waals surface area contributed by atoms with Gasteiger partial charge in [-0.25, -0.2) is 0 Å². The van der Waals surface area contributed by atoms with Crippen LogP contribution in [0.4, 0.5) is 0 Å². The molecule has 3 atom stereocenters. The number of hydrogen-bond acceptors (Lipinski definition) is 7. The SMILES string of the molecule is CC#COC(=O)C(C)CC(CC)C(=O)O.CCCC(=O)NNC(=O)CCC(CC)C(=O)CCO. The van der Waals surface area contributed by atoms with Crippen LogP contribution in [-0.2, 0) is 28.7 Å². The number of hydrogen-bond donors (Lipinski definition) is 4. The lowest BCUT2D eigenvalue weighted by Gasteiger charge is -2.13. The Hall–Kier alpha value is -2.93. The van der Waals surface area contributed by atoms with Gasteiger partial charge in [0, 0.05) is 38.7 Å².